The van der Waals surface area contributed by atoms with Crippen LogP contribution in [0.1, 0.15) is 21.5 Å². The lowest BCUT2D eigenvalue weighted by Gasteiger charge is -2.10. The van der Waals surface area contributed by atoms with Crippen LogP contribution in [0.25, 0.3) is 0 Å². The van der Waals surface area contributed by atoms with E-state index < -0.39 is 11.8 Å². The van der Waals surface area contributed by atoms with E-state index in [2.05, 4.69) is 15.8 Å². The van der Waals surface area contributed by atoms with E-state index in [4.69, 9.17) is 37.4 Å². The highest BCUT2D eigenvalue weighted by Gasteiger charge is 2.12. The van der Waals surface area contributed by atoms with Crippen molar-refractivity contribution in [2.45, 2.75) is 6.61 Å². The highest BCUT2D eigenvalue weighted by Crippen LogP contribution is 2.27. The van der Waals surface area contributed by atoms with Gasteiger partial charge in [0.25, 0.3) is 11.8 Å². The van der Waals surface area contributed by atoms with Crippen molar-refractivity contribution in [2.75, 3.05) is 20.8 Å². The number of methoxy groups -OCH3 is 2. The molecule has 0 spiro atoms. The zero-order valence-corrected chi connectivity index (χ0v) is 20.5. The van der Waals surface area contributed by atoms with Gasteiger partial charge in [-0.2, -0.15) is 5.10 Å². The van der Waals surface area contributed by atoms with Crippen LogP contribution >= 0.6 is 23.2 Å². The average Bonchev–Trinajstić information content (AvgIpc) is 2.86. The van der Waals surface area contributed by atoms with Gasteiger partial charge < -0.3 is 19.5 Å². The number of amides is 2. The quantitative estimate of drug-likeness (QED) is 0.306. The molecule has 0 bridgehead atoms. The summed E-state index contributed by atoms with van der Waals surface area (Å²) in [5, 5.41) is 7.56. The fraction of sp³-hybridized carbons (Fsp3) is 0.160. The minimum absolute atomic E-state index is 0.280. The van der Waals surface area contributed by atoms with E-state index in [-0.39, 0.29) is 13.2 Å². The van der Waals surface area contributed by atoms with Crippen LogP contribution in [-0.2, 0) is 11.4 Å². The standard InChI is InChI=1S/C25H23Cl2N3O5/c1-33-22-8-6-17(12-23(22)34-2)25(32)28-14-24(31)30-29-13-18-11-20(27)7-9-21(18)35-15-16-4-3-5-19(26)10-16/h3-13H,14-15H2,1-2H3,(H,28,32)(H,30,31)/b29-13+. The van der Waals surface area contributed by atoms with Crippen LogP contribution in [0.4, 0.5) is 0 Å². The van der Waals surface area contributed by atoms with E-state index in [1.54, 1.807) is 36.4 Å². The maximum atomic E-state index is 12.3. The monoisotopic (exact) mass is 515 g/mol. The van der Waals surface area contributed by atoms with Gasteiger partial charge in [-0.25, -0.2) is 5.43 Å². The number of ether oxygens (including phenoxy) is 3. The number of rotatable bonds is 10. The van der Waals surface area contributed by atoms with Gasteiger partial charge in [0.2, 0.25) is 0 Å². The van der Waals surface area contributed by atoms with Crippen LogP contribution in [-0.4, -0.2) is 38.8 Å². The molecule has 2 N–H and O–H groups in total. The second-order valence-electron chi connectivity index (χ2n) is 7.15. The molecule has 0 fully saturated rings. The molecule has 0 atom stereocenters. The molecular formula is C25H23Cl2N3O5. The Kier molecular flexibility index (Phi) is 9.34. The number of hydrogen-bond donors (Lipinski definition) is 2. The number of benzene rings is 3. The number of hydrogen-bond acceptors (Lipinski definition) is 6. The molecule has 3 aromatic carbocycles. The Morgan fingerprint density at radius 3 is 2.40 bits per heavy atom. The predicted octanol–water partition coefficient (Wildman–Crippen LogP) is 4.47. The fourth-order valence-corrected chi connectivity index (χ4v) is 3.39. The van der Waals surface area contributed by atoms with Crippen LogP contribution < -0.4 is 25.0 Å². The maximum Gasteiger partial charge on any atom is 0.259 e. The molecule has 0 radical (unpaired) electrons. The Morgan fingerprint density at radius 2 is 1.66 bits per heavy atom. The Balaban J connectivity index is 1.55. The maximum absolute atomic E-state index is 12.3. The number of nitrogens with zero attached hydrogens (tertiary/aromatic N) is 1. The molecule has 35 heavy (non-hydrogen) atoms. The van der Waals surface area contributed by atoms with Crippen LogP contribution in [0.15, 0.2) is 65.8 Å². The Hall–Kier alpha value is -3.75. The highest BCUT2D eigenvalue weighted by molar-refractivity contribution is 6.31. The Morgan fingerprint density at radius 1 is 0.914 bits per heavy atom. The van der Waals surface area contributed by atoms with Gasteiger partial charge in [0.05, 0.1) is 27.0 Å². The van der Waals surface area contributed by atoms with Crippen LogP contribution in [0.5, 0.6) is 17.2 Å². The van der Waals surface area contributed by atoms with Crippen molar-refractivity contribution in [3.05, 3.63) is 87.4 Å². The van der Waals surface area contributed by atoms with Crippen molar-refractivity contribution in [3.8, 4) is 17.2 Å². The Labute approximate surface area is 212 Å². The molecule has 0 aliphatic heterocycles. The molecule has 0 aliphatic carbocycles. The zero-order chi connectivity index (χ0) is 25.2. The smallest absolute Gasteiger partial charge is 0.259 e. The van der Waals surface area contributed by atoms with Gasteiger partial charge in [-0.05, 0) is 54.1 Å². The number of nitrogens with one attached hydrogen (secondary N) is 2. The summed E-state index contributed by atoms with van der Waals surface area (Å²) in [6, 6.07) is 17.1. The van der Waals surface area contributed by atoms with Crippen molar-refractivity contribution in [1.29, 1.82) is 0 Å². The van der Waals surface area contributed by atoms with E-state index in [0.29, 0.717) is 38.4 Å². The minimum Gasteiger partial charge on any atom is -0.493 e. The molecule has 0 aromatic heterocycles. The summed E-state index contributed by atoms with van der Waals surface area (Å²) in [6.07, 6.45) is 1.41. The summed E-state index contributed by atoms with van der Waals surface area (Å²) >= 11 is 12.1. The average molecular weight is 516 g/mol. The first-order chi connectivity index (χ1) is 16.9. The van der Waals surface area contributed by atoms with Gasteiger partial charge in [-0.3, -0.25) is 9.59 Å². The fourth-order valence-electron chi connectivity index (χ4n) is 2.99. The summed E-state index contributed by atoms with van der Waals surface area (Å²) in [4.78, 5) is 24.5. The SMILES string of the molecule is COc1ccc(C(=O)NCC(=O)N/N=C/c2cc(Cl)ccc2OCc2cccc(Cl)c2)cc1OC. The summed E-state index contributed by atoms with van der Waals surface area (Å²) in [6.45, 7) is 0.00968. The Bertz CT molecular complexity index is 1230. The minimum atomic E-state index is -0.515. The van der Waals surface area contributed by atoms with Crippen molar-refractivity contribution < 1.29 is 23.8 Å². The van der Waals surface area contributed by atoms with Crippen LogP contribution in [0, 0.1) is 0 Å². The third-order valence-corrected chi connectivity index (χ3v) is 5.17. The van der Waals surface area contributed by atoms with Gasteiger partial charge >= 0.3 is 0 Å². The van der Waals surface area contributed by atoms with Crippen LogP contribution in [0.2, 0.25) is 10.0 Å². The van der Waals surface area contributed by atoms with E-state index in [1.165, 1.54) is 26.5 Å². The van der Waals surface area contributed by atoms with E-state index in [0.717, 1.165) is 5.56 Å². The topological polar surface area (TPSA) is 98.2 Å². The van der Waals surface area contributed by atoms with Gasteiger partial charge in [-0.15, -0.1) is 0 Å². The van der Waals surface area contributed by atoms with Crippen LogP contribution in [0.3, 0.4) is 0 Å². The molecule has 182 valence electrons. The molecule has 0 aliphatic rings. The zero-order valence-electron chi connectivity index (χ0n) is 19.0. The normalized spacial score (nSPS) is 10.6. The van der Waals surface area contributed by atoms with Gasteiger partial charge in [0, 0.05) is 21.2 Å². The molecule has 10 heteroatoms. The number of hydrazone groups is 1. The summed E-state index contributed by atoms with van der Waals surface area (Å²) < 4.78 is 16.2. The first-order valence-corrected chi connectivity index (χ1v) is 11.1. The molecular weight excluding hydrogens is 493 g/mol. The van der Waals surface area contributed by atoms with E-state index in [1.807, 2.05) is 18.2 Å². The van der Waals surface area contributed by atoms with Crippen molar-refractivity contribution in [3.63, 3.8) is 0 Å². The van der Waals surface area contributed by atoms with Crippen molar-refractivity contribution in [2.24, 2.45) is 5.10 Å². The number of carbonyl (C=O) groups excluding carboxylic acids is 2. The lowest BCUT2D eigenvalue weighted by atomic mass is 10.2. The molecule has 3 aromatic rings. The second-order valence-corrected chi connectivity index (χ2v) is 8.02. The van der Waals surface area contributed by atoms with Gasteiger partial charge in [0.15, 0.2) is 11.5 Å². The van der Waals surface area contributed by atoms with Crippen molar-refractivity contribution in [1.82, 2.24) is 10.7 Å². The van der Waals surface area contributed by atoms with Crippen molar-refractivity contribution >= 4 is 41.2 Å². The van der Waals surface area contributed by atoms with Gasteiger partial charge in [0.1, 0.15) is 12.4 Å². The summed E-state index contributed by atoms with van der Waals surface area (Å²) in [5.74, 6) is 0.460. The molecule has 2 amide bonds. The molecule has 0 saturated heterocycles. The molecule has 0 heterocycles. The number of halogens is 2. The second kappa shape index (κ2) is 12.6. The first-order valence-electron chi connectivity index (χ1n) is 10.4. The lowest BCUT2D eigenvalue weighted by Crippen LogP contribution is -2.34. The third-order valence-electron chi connectivity index (χ3n) is 4.70. The molecule has 0 saturated carbocycles. The predicted molar refractivity (Wildman–Crippen MR) is 135 cm³/mol. The first kappa shape index (κ1) is 25.9. The summed E-state index contributed by atoms with van der Waals surface area (Å²) in [7, 11) is 2.97. The molecule has 3 rings (SSSR count). The highest BCUT2D eigenvalue weighted by atomic mass is 35.5. The molecule has 8 nitrogen and oxygen atoms in total. The van der Waals surface area contributed by atoms with E-state index in [9.17, 15) is 9.59 Å². The molecule has 0 unspecified atom stereocenters. The van der Waals surface area contributed by atoms with Gasteiger partial charge in [-0.1, -0.05) is 35.3 Å². The largest absolute Gasteiger partial charge is 0.493 e. The lowest BCUT2D eigenvalue weighted by molar-refractivity contribution is -0.120. The summed E-state index contributed by atoms with van der Waals surface area (Å²) in [5.41, 5.74) is 4.14. The third kappa shape index (κ3) is 7.63. The van der Waals surface area contributed by atoms with E-state index >= 15 is 0 Å². The number of carbonyl (C=O) groups is 2.